The van der Waals surface area contributed by atoms with E-state index < -0.39 is 30.4 Å². The summed E-state index contributed by atoms with van der Waals surface area (Å²) in [6, 6.07) is 14.7. The molecule has 1 aliphatic carbocycles. The normalized spacial score (nSPS) is 13.5. The number of rotatable bonds is 11. The largest absolute Gasteiger partial charge is 0.481 e. The number of aliphatic carboxylic acids is 1. The van der Waals surface area contributed by atoms with Gasteiger partial charge in [-0.05, 0) is 29.2 Å². The molecule has 0 aromatic heterocycles. The lowest BCUT2D eigenvalue weighted by Gasteiger charge is -2.26. The molecule has 0 bridgehead atoms. The lowest BCUT2D eigenvalue weighted by molar-refractivity contribution is -0.139. The highest BCUT2D eigenvalue weighted by Gasteiger charge is 2.30. The Bertz CT molecular complexity index is 990. The van der Waals surface area contributed by atoms with Crippen molar-refractivity contribution in [3.8, 4) is 11.1 Å². The Morgan fingerprint density at radius 3 is 2.18 bits per heavy atom. The summed E-state index contributed by atoms with van der Waals surface area (Å²) in [5.74, 6) is -1.92. The zero-order valence-electron chi connectivity index (χ0n) is 19.8. The molecule has 2 amide bonds. The van der Waals surface area contributed by atoms with Crippen molar-refractivity contribution in [1.82, 2.24) is 10.6 Å². The van der Waals surface area contributed by atoms with Crippen molar-refractivity contribution >= 4 is 18.0 Å². The number of hydrogen-bond acceptors (Lipinski definition) is 5. The van der Waals surface area contributed by atoms with Gasteiger partial charge < -0.3 is 25.2 Å². The number of alkyl carbamates (subject to hydrolysis) is 1. The van der Waals surface area contributed by atoms with Crippen LogP contribution in [0.3, 0.4) is 0 Å². The zero-order valence-corrected chi connectivity index (χ0v) is 19.8. The quantitative estimate of drug-likeness (QED) is 0.465. The number of hydrogen-bond donors (Lipinski definition) is 3. The van der Waals surface area contributed by atoms with Gasteiger partial charge in [-0.25, -0.2) is 4.79 Å². The molecule has 8 nitrogen and oxygen atoms in total. The highest BCUT2D eigenvalue weighted by atomic mass is 16.5. The van der Waals surface area contributed by atoms with Crippen molar-refractivity contribution in [2.24, 2.45) is 5.41 Å². The summed E-state index contributed by atoms with van der Waals surface area (Å²) in [5.41, 5.74) is 3.99. The van der Waals surface area contributed by atoms with Crippen LogP contribution in [0.2, 0.25) is 0 Å². The predicted octanol–water partition coefficient (Wildman–Crippen LogP) is 3.55. The summed E-state index contributed by atoms with van der Waals surface area (Å²) in [5, 5.41) is 14.3. The highest BCUT2D eigenvalue weighted by Crippen LogP contribution is 2.44. The highest BCUT2D eigenvalue weighted by molar-refractivity contribution is 5.89. The summed E-state index contributed by atoms with van der Waals surface area (Å²) >= 11 is 0. The molecule has 0 heterocycles. The number of carboxylic acid groups (broad SMARTS) is 1. The van der Waals surface area contributed by atoms with Crippen molar-refractivity contribution < 1.29 is 29.0 Å². The van der Waals surface area contributed by atoms with Gasteiger partial charge >= 0.3 is 12.1 Å². The fourth-order valence-corrected chi connectivity index (χ4v) is 4.05. The molecule has 34 heavy (non-hydrogen) atoms. The van der Waals surface area contributed by atoms with Crippen molar-refractivity contribution in [3.63, 3.8) is 0 Å². The number of ether oxygens (including phenoxy) is 2. The Morgan fingerprint density at radius 2 is 1.62 bits per heavy atom. The number of fused-ring (bicyclic) bond motifs is 3. The summed E-state index contributed by atoms with van der Waals surface area (Å²) in [7, 11) is 0. The summed E-state index contributed by atoms with van der Waals surface area (Å²) in [6.45, 7) is 7.07. The molecular weight excluding hydrogens is 436 g/mol. The van der Waals surface area contributed by atoms with Gasteiger partial charge in [0.1, 0.15) is 12.6 Å². The van der Waals surface area contributed by atoms with E-state index in [1.807, 2.05) is 69.3 Å². The van der Waals surface area contributed by atoms with Gasteiger partial charge in [-0.1, -0.05) is 62.4 Å². The molecule has 0 saturated carbocycles. The van der Waals surface area contributed by atoms with Crippen LogP contribution in [0.25, 0.3) is 11.1 Å². The van der Waals surface area contributed by atoms with E-state index in [9.17, 15) is 19.5 Å². The minimum Gasteiger partial charge on any atom is -0.481 e. The Labute approximate surface area is 199 Å². The first kappa shape index (κ1) is 25.2. The molecule has 182 valence electrons. The van der Waals surface area contributed by atoms with Crippen molar-refractivity contribution in [3.05, 3.63) is 59.7 Å². The summed E-state index contributed by atoms with van der Waals surface area (Å²) in [4.78, 5) is 36.5. The Kier molecular flexibility index (Phi) is 8.28. The van der Waals surface area contributed by atoms with Crippen molar-refractivity contribution in [2.45, 2.75) is 39.2 Å². The molecule has 0 aliphatic heterocycles. The van der Waals surface area contributed by atoms with Crippen LogP contribution in [-0.4, -0.2) is 55.5 Å². The van der Waals surface area contributed by atoms with Crippen molar-refractivity contribution in [1.29, 1.82) is 0 Å². The van der Waals surface area contributed by atoms with Crippen LogP contribution >= 0.6 is 0 Å². The monoisotopic (exact) mass is 468 g/mol. The molecule has 1 aliphatic rings. The minimum absolute atomic E-state index is 0.0721. The van der Waals surface area contributed by atoms with Crippen LogP contribution in [0.5, 0.6) is 0 Å². The SMILES string of the molecule is CCOCC(C)(C)CNC(=O)C(CC(=O)O)NC(=O)OCC1c2ccccc2-c2ccccc21. The van der Waals surface area contributed by atoms with Gasteiger partial charge in [0.25, 0.3) is 0 Å². The van der Waals surface area contributed by atoms with Gasteiger partial charge in [0.15, 0.2) is 0 Å². The number of nitrogens with one attached hydrogen (secondary N) is 2. The van der Waals surface area contributed by atoms with Gasteiger partial charge in [0, 0.05) is 24.5 Å². The Balaban J connectivity index is 1.61. The lowest BCUT2D eigenvalue weighted by Crippen LogP contribution is -2.50. The van der Waals surface area contributed by atoms with E-state index in [0.29, 0.717) is 13.2 Å². The Hall–Kier alpha value is -3.39. The first-order valence-corrected chi connectivity index (χ1v) is 11.4. The maximum absolute atomic E-state index is 12.6. The average molecular weight is 469 g/mol. The fourth-order valence-electron chi connectivity index (χ4n) is 4.05. The molecule has 1 unspecified atom stereocenters. The maximum Gasteiger partial charge on any atom is 0.407 e. The molecule has 3 rings (SSSR count). The molecular formula is C26H32N2O6. The minimum atomic E-state index is -1.25. The zero-order chi connectivity index (χ0) is 24.7. The third-order valence-electron chi connectivity index (χ3n) is 5.77. The molecule has 0 fully saturated rings. The summed E-state index contributed by atoms with van der Waals surface area (Å²) in [6.07, 6.45) is -1.39. The predicted molar refractivity (Wildman–Crippen MR) is 128 cm³/mol. The van der Waals surface area contributed by atoms with Gasteiger partial charge in [-0.15, -0.1) is 0 Å². The molecule has 0 radical (unpaired) electrons. The topological polar surface area (TPSA) is 114 Å². The number of benzene rings is 2. The van der Waals surface area contributed by atoms with Crippen LogP contribution in [-0.2, 0) is 19.1 Å². The van der Waals surface area contributed by atoms with E-state index in [1.165, 1.54) is 0 Å². The van der Waals surface area contributed by atoms with Gasteiger partial charge in [0.05, 0.1) is 13.0 Å². The number of carbonyl (C=O) groups excluding carboxylic acids is 2. The molecule has 1 atom stereocenters. The second-order valence-corrected chi connectivity index (χ2v) is 9.14. The molecule has 0 spiro atoms. The summed E-state index contributed by atoms with van der Waals surface area (Å²) < 4.78 is 10.9. The molecule has 2 aromatic carbocycles. The van der Waals surface area contributed by atoms with E-state index in [2.05, 4.69) is 10.6 Å². The third kappa shape index (κ3) is 6.35. The molecule has 2 aromatic rings. The van der Waals surface area contributed by atoms with Crippen LogP contribution in [0.4, 0.5) is 4.79 Å². The van der Waals surface area contributed by atoms with Gasteiger partial charge in [0.2, 0.25) is 5.91 Å². The smallest absolute Gasteiger partial charge is 0.407 e. The first-order valence-electron chi connectivity index (χ1n) is 11.4. The number of carboxylic acids is 1. The van der Waals surface area contributed by atoms with Crippen LogP contribution < -0.4 is 10.6 Å². The van der Waals surface area contributed by atoms with Crippen molar-refractivity contribution in [2.75, 3.05) is 26.4 Å². The second-order valence-electron chi connectivity index (χ2n) is 9.14. The van der Waals surface area contributed by atoms with E-state index in [0.717, 1.165) is 22.3 Å². The van der Waals surface area contributed by atoms with Gasteiger partial charge in [-0.2, -0.15) is 0 Å². The van der Waals surface area contributed by atoms with Gasteiger partial charge in [-0.3, -0.25) is 9.59 Å². The molecule has 8 heteroatoms. The second kappa shape index (κ2) is 11.2. The lowest BCUT2D eigenvalue weighted by atomic mass is 9.94. The standard InChI is InChI=1S/C26H32N2O6/c1-4-33-16-26(2,3)15-27-24(31)22(13-23(29)30)28-25(32)34-14-21-19-11-7-5-9-17(19)18-10-6-8-12-20(18)21/h5-12,21-22H,4,13-16H2,1-3H3,(H,27,31)(H,28,32)(H,29,30). The van der Waals surface area contributed by atoms with E-state index >= 15 is 0 Å². The maximum atomic E-state index is 12.6. The average Bonchev–Trinajstić information content (AvgIpc) is 3.13. The number of amides is 2. The fraction of sp³-hybridized carbons (Fsp3) is 0.423. The van der Waals surface area contributed by atoms with E-state index in [4.69, 9.17) is 9.47 Å². The third-order valence-corrected chi connectivity index (χ3v) is 5.77. The first-order chi connectivity index (χ1) is 16.2. The Morgan fingerprint density at radius 1 is 1.03 bits per heavy atom. The van der Waals surface area contributed by atoms with Crippen LogP contribution in [0.15, 0.2) is 48.5 Å². The van der Waals surface area contributed by atoms with E-state index in [-0.39, 0.29) is 24.5 Å². The molecule has 0 saturated heterocycles. The van der Waals surface area contributed by atoms with Crippen LogP contribution in [0.1, 0.15) is 44.2 Å². The van der Waals surface area contributed by atoms with E-state index in [1.54, 1.807) is 0 Å². The number of carbonyl (C=O) groups is 3. The van der Waals surface area contributed by atoms with Crippen LogP contribution in [0, 0.1) is 5.41 Å². The molecule has 3 N–H and O–H groups in total.